The lowest BCUT2D eigenvalue weighted by Crippen LogP contribution is -2.40. The number of rotatable bonds is 6. The van der Waals surface area contributed by atoms with Crippen LogP contribution in [0.25, 0.3) is 0 Å². The average Bonchev–Trinajstić information content (AvgIpc) is 2.40. The van der Waals surface area contributed by atoms with Crippen molar-refractivity contribution in [2.24, 2.45) is 0 Å². The second kappa shape index (κ2) is 6.86. The molecule has 118 valence electrons. The number of carbonyl (C=O) groups is 1. The number of sulfonamides is 1. The number of halogens is 1. The zero-order valence-electron chi connectivity index (χ0n) is 12.3. The fourth-order valence-electron chi connectivity index (χ4n) is 1.68. The first kappa shape index (κ1) is 17.4. The molecule has 0 fully saturated rings. The minimum Gasteiger partial charge on any atom is -0.399 e. The summed E-state index contributed by atoms with van der Waals surface area (Å²) < 4.78 is 39.8. The van der Waals surface area contributed by atoms with Crippen LogP contribution in [0.2, 0.25) is 0 Å². The van der Waals surface area contributed by atoms with E-state index in [0.717, 1.165) is 16.4 Å². The highest BCUT2D eigenvalue weighted by Gasteiger charge is 2.29. The van der Waals surface area contributed by atoms with E-state index in [-0.39, 0.29) is 24.7 Å². The third kappa shape index (κ3) is 4.15. The van der Waals surface area contributed by atoms with Crippen molar-refractivity contribution in [2.45, 2.75) is 18.2 Å². The monoisotopic (exact) mass is 317 g/mol. The van der Waals surface area contributed by atoms with E-state index in [0.29, 0.717) is 6.42 Å². The van der Waals surface area contributed by atoms with Crippen LogP contribution < -0.4 is 5.73 Å². The minimum atomic E-state index is -4.11. The Morgan fingerprint density at radius 3 is 2.48 bits per heavy atom. The van der Waals surface area contributed by atoms with Gasteiger partial charge in [-0.3, -0.25) is 4.79 Å². The summed E-state index contributed by atoms with van der Waals surface area (Å²) in [6.07, 6.45) is 0.504. The topological polar surface area (TPSA) is 83.7 Å². The number of anilines is 1. The molecule has 8 heteroatoms. The molecule has 1 aromatic rings. The SMILES string of the molecule is CCCN(CC(=O)N(C)C)S(=O)(=O)c1cc(N)ccc1F. The van der Waals surface area contributed by atoms with Crippen LogP contribution in [-0.2, 0) is 14.8 Å². The molecule has 0 aliphatic rings. The van der Waals surface area contributed by atoms with Gasteiger partial charge in [0.25, 0.3) is 0 Å². The molecular weight excluding hydrogens is 297 g/mol. The molecule has 1 amide bonds. The number of carbonyl (C=O) groups excluding carboxylic acids is 1. The normalized spacial score (nSPS) is 11.7. The Bertz CT molecular complexity index is 617. The van der Waals surface area contributed by atoms with E-state index in [1.807, 2.05) is 0 Å². The lowest BCUT2D eigenvalue weighted by Gasteiger charge is -2.23. The molecule has 0 aromatic heterocycles. The van der Waals surface area contributed by atoms with Crippen LogP contribution in [0, 0.1) is 5.82 Å². The van der Waals surface area contributed by atoms with Gasteiger partial charge in [0.05, 0.1) is 6.54 Å². The second-order valence-corrected chi connectivity index (χ2v) is 6.72. The molecule has 0 unspecified atom stereocenters. The van der Waals surface area contributed by atoms with E-state index in [1.165, 1.54) is 25.1 Å². The lowest BCUT2D eigenvalue weighted by atomic mass is 10.3. The first-order valence-corrected chi connectivity index (χ1v) is 7.89. The van der Waals surface area contributed by atoms with Crippen molar-refractivity contribution in [3.8, 4) is 0 Å². The largest absolute Gasteiger partial charge is 0.399 e. The van der Waals surface area contributed by atoms with Crippen LogP contribution in [0.4, 0.5) is 10.1 Å². The number of nitrogens with two attached hydrogens (primary N) is 1. The van der Waals surface area contributed by atoms with Gasteiger partial charge in [0.2, 0.25) is 15.9 Å². The Balaban J connectivity index is 3.21. The predicted octanol–water partition coefficient (Wildman–Crippen LogP) is 0.897. The average molecular weight is 317 g/mol. The number of amides is 1. The van der Waals surface area contributed by atoms with Gasteiger partial charge in [-0.15, -0.1) is 0 Å². The number of likely N-dealkylation sites (N-methyl/N-ethyl adjacent to an activating group) is 1. The maximum absolute atomic E-state index is 13.8. The summed E-state index contributed by atoms with van der Waals surface area (Å²) in [4.78, 5) is 12.5. The third-order valence-electron chi connectivity index (χ3n) is 2.86. The highest BCUT2D eigenvalue weighted by molar-refractivity contribution is 7.89. The lowest BCUT2D eigenvalue weighted by molar-refractivity contribution is -0.128. The molecule has 1 aromatic carbocycles. The van der Waals surface area contributed by atoms with Crippen molar-refractivity contribution >= 4 is 21.6 Å². The van der Waals surface area contributed by atoms with Gasteiger partial charge in [-0.2, -0.15) is 4.31 Å². The summed E-state index contributed by atoms with van der Waals surface area (Å²) in [5.41, 5.74) is 5.67. The number of hydrogen-bond donors (Lipinski definition) is 1. The summed E-state index contributed by atoms with van der Waals surface area (Å²) >= 11 is 0. The van der Waals surface area contributed by atoms with Crippen LogP contribution in [0.3, 0.4) is 0 Å². The van der Waals surface area contributed by atoms with Gasteiger partial charge >= 0.3 is 0 Å². The van der Waals surface area contributed by atoms with Gasteiger partial charge in [0.15, 0.2) is 0 Å². The van der Waals surface area contributed by atoms with Gasteiger partial charge in [0.1, 0.15) is 10.7 Å². The van der Waals surface area contributed by atoms with Crippen LogP contribution >= 0.6 is 0 Å². The Kier molecular flexibility index (Phi) is 5.68. The molecule has 0 aliphatic heterocycles. The fraction of sp³-hybridized carbons (Fsp3) is 0.462. The number of benzene rings is 1. The molecule has 0 saturated carbocycles. The summed E-state index contributed by atoms with van der Waals surface area (Å²) in [7, 11) is -1.06. The van der Waals surface area contributed by atoms with Crippen molar-refractivity contribution in [3.05, 3.63) is 24.0 Å². The summed E-state index contributed by atoms with van der Waals surface area (Å²) in [6, 6.07) is 3.34. The number of nitrogen functional groups attached to an aromatic ring is 1. The molecular formula is C13H20FN3O3S. The highest BCUT2D eigenvalue weighted by Crippen LogP contribution is 2.22. The molecule has 0 bridgehead atoms. The van der Waals surface area contributed by atoms with Crippen LogP contribution in [0.15, 0.2) is 23.1 Å². The molecule has 21 heavy (non-hydrogen) atoms. The molecule has 0 radical (unpaired) electrons. The van der Waals surface area contributed by atoms with Crippen molar-refractivity contribution in [1.29, 1.82) is 0 Å². The summed E-state index contributed by atoms with van der Waals surface area (Å²) in [6.45, 7) is 1.56. The van der Waals surface area contributed by atoms with Crippen molar-refractivity contribution in [1.82, 2.24) is 9.21 Å². The van der Waals surface area contributed by atoms with Crippen LogP contribution in [0.1, 0.15) is 13.3 Å². The fourth-order valence-corrected chi connectivity index (χ4v) is 3.26. The van der Waals surface area contributed by atoms with Crippen molar-refractivity contribution in [3.63, 3.8) is 0 Å². The highest BCUT2D eigenvalue weighted by atomic mass is 32.2. The Hall–Kier alpha value is -1.67. The Morgan fingerprint density at radius 2 is 1.95 bits per heavy atom. The van der Waals surface area contributed by atoms with E-state index < -0.39 is 20.7 Å². The molecule has 0 spiro atoms. The van der Waals surface area contributed by atoms with E-state index in [4.69, 9.17) is 5.73 Å². The van der Waals surface area contributed by atoms with Crippen LogP contribution in [-0.4, -0.2) is 50.7 Å². The summed E-state index contributed by atoms with van der Waals surface area (Å²) in [5.74, 6) is -1.26. The molecule has 1 rings (SSSR count). The Labute approximate surface area is 124 Å². The van der Waals surface area contributed by atoms with Gasteiger partial charge in [-0.05, 0) is 24.6 Å². The maximum Gasteiger partial charge on any atom is 0.246 e. The van der Waals surface area contributed by atoms with E-state index >= 15 is 0 Å². The smallest absolute Gasteiger partial charge is 0.246 e. The van der Waals surface area contributed by atoms with Gasteiger partial charge in [-0.25, -0.2) is 12.8 Å². The Morgan fingerprint density at radius 1 is 1.33 bits per heavy atom. The molecule has 0 saturated heterocycles. The van der Waals surface area contributed by atoms with Gasteiger partial charge in [0, 0.05) is 26.3 Å². The quantitative estimate of drug-likeness (QED) is 0.790. The van der Waals surface area contributed by atoms with Crippen molar-refractivity contribution in [2.75, 3.05) is 32.9 Å². The van der Waals surface area contributed by atoms with Crippen LogP contribution in [0.5, 0.6) is 0 Å². The molecule has 2 N–H and O–H groups in total. The third-order valence-corrected chi connectivity index (χ3v) is 4.72. The van der Waals surface area contributed by atoms with E-state index in [1.54, 1.807) is 6.92 Å². The minimum absolute atomic E-state index is 0.121. The predicted molar refractivity (Wildman–Crippen MR) is 78.6 cm³/mol. The molecule has 0 atom stereocenters. The zero-order valence-corrected chi connectivity index (χ0v) is 13.2. The number of nitrogens with zero attached hydrogens (tertiary/aromatic N) is 2. The zero-order chi connectivity index (χ0) is 16.2. The molecule has 0 heterocycles. The van der Waals surface area contributed by atoms with Gasteiger partial charge < -0.3 is 10.6 Å². The maximum atomic E-state index is 13.8. The molecule has 6 nitrogen and oxygen atoms in total. The first-order valence-electron chi connectivity index (χ1n) is 6.45. The van der Waals surface area contributed by atoms with E-state index in [9.17, 15) is 17.6 Å². The first-order chi connectivity index (χ1) is 9.70. The van der Waals surface area contributed by atoms with E-state index in [2.05, 4.69) is 0 Å². The summed E-state index contributed by atoms with van der Waals surface area (Å²) in [5, 5.41) is 0. The van der Waals surface area contributed by atoms with Gasteiger partial charge in [-0.1, -0.05) is 6.92 Å². The second-order valence-electron chi connectivity index (χ2n) is 4.82. The standard InChI is InChI=1S/C13H20FN3O3S/c1-4-7-17(9-13(18)16(2)3)21(19,20)12-8-10(15)5-6-11(12)14/h5-6,8H,4,7,9,15H2,1-3H3. The molecule has 0 aliphatic carbocycles. The van der Waals surface area contributed by atoms with Crippen molar-refractivity contribution < 1.29 is 17.6 Å². The number of hydrogen-bond acceptors (Lipinski definition) is 4.